The second kappa shape index (κ2) is 6.09. The van der Waals surface area contributed by atoms with Crippen molar-refractivity contribution in [1.82, 2.24) is 0 Å². The summed E-state index contributed by atoms with van der Waals surface area (Å²) in [7, 11) is 0. The monoisotopic (exact) mass is 304 g/mol. The van der Waals surface area contributed by atoms with Crippen LogP contribution in [0, 0.1) is 0 Å². The summed E-state index contributed by atoms with van der Waals surface area (Å²) >= 11 is 2.49. The molecular formula is C8H11Au. The number of hydrogen-bond acceptors (Lipinski definition) is 0. The molecule has 0 fully saturated rings. The summed E-state index contributed by atoms with van der Waals surface area (Å²) in [6, 6.07) is 0. The van der Waals surface area contributed by atoms with Crippen LogP contribution in [0.1, 0.15) is 13.3 Å². The van der Waals surface area contributed by atoms with Crippen molar-refractivity contribution in [1.29, 1.82) is 0 Å². The molecule has 0 aromatic rings. The second-order valence-electron chi connectivity index (χ2n) is 1.60. The van der Waals surface area contributed by atoms with Gasteiger partial charge in [0.25, 0.3) is 0 Å². The third-order valence-corrected chi connectivity index (χ3v) is 1.50. The summed E-state index contributed by atoms with van der Waals surface area (Å²) in [5.74, 6) is 0. The zero-order valence-electron chi connectivity index (χ0n) is 5.53. The van der Waals surface area contributed by atoms with Gasteiger partial charge in [0.2, 0.25) is 0 Å². The van der Waals surface area contributed by atoms with Crippen molar-refractivity contribution in [3.63, 3.8) is 0 Å². The maximum absolute atomic E-state index is 3.36. The summed E-state index contributed by atoms with van der Waals surface area (Å²) in [6.07, 6.45) is 9.23. The van der Waals surface area contributed by atoms with E-state index in [1.165, 1.54) is 3.79 Å². The predicted molar refractivity (Wildman–Crippen MR) is 37.7 cm³/mol. The van der Waals surface area contributed by atoms with Crippen LogP contribution in [0.3, 0.4) is 0 Å². The first kappa shape index (κ1) is 8.96. The molecular weight excluding hydrogens is 293 g/mol. The normalized spacial score (nSPS) is 13.9. The summed E-state index contributed by atoms with van der Waals surface area (Å²) < 4.78 is 1.41. The van der Waals surface area contributed by atoms with Gasteiger partial charge in [-0.25, -0.2) is 0 Å². The summed E-state index contributed by atoms with van der Waals surface area (Å²) in [5.41, 5.74) is 0. The van der Waals surface area contributed by atoms with E-state index in [0.29, 0.717) is 0 Å². The molecule has 54 valence electrons. The fourth-order valence-electron chi connectivity index (χ4n) is 0.405. The van der Waals surface area contributed by atoms with Crippen LogP contribution >= 0.6 is 0 Å². The Bertz CT molecular complexity index is 132. The Hall–Kier alpha value is -0.0397. The van der Waals surface area contributed by atoms with Crippen molar-refractivity contribution in [2.75, 3.05) is 0 Å². The van der Waals surface area contributed by atoms with Gasteiger partial charge in [0.15, 0.2) is 0 Å². The van der Waals surface area contributed by atoms with Crippen LogP contribution in [0.2, 0.25) is 0 Å². The first-order valence-electron chi connectivity index (χ1n) is 2.85. The van der Waals surface area contributed by atoms with Crippen LogP contribution in [-0.4, -0.2) is 0 Å². The quantitative estimate of drug-likeness (QED) is 0.477. The second-order valence-corrected chi connectivity index (χ2v) is 3.00. The molecule has 1 aliphatic rings. The molecule has 0 aliphatic heterocycles. The Balaban J connectivity index is 0.000000187. The van der Waals surface area contributed by atoms with E-state index in [4.69, 9.17) is 0 Å². The van der Waals surface area contributed by atoms with E-state index >= 15 is 0 Å². The third kappa shape index (κ3) is 5.84. The predicted octanol–water partition coefficient (Wildman–Crippen LogP) is 2.57. The summed E-state index contributed by atoms with van der Waals surface area (Å²) in [4.78, 5) is 0. The minimum absolute atomic E-state index is 1.14. The zero-order chi connectivity index (χ0) is 7.11. The maximum atomic E-state index is 3.36. The van der Waals surface area contributed by atoms with Gasteiger partial charge in [-0.05, 0) is 6.92 Å². The number of allylic oxidation sites excluding steroid dienone is 5. The van der Waals surface area contributed by atoms with E-state index in [1.54, 1.807) is 6.08 Å². The van der Waals surface area contributed by atoms with Crippen molar-refractivity contribution in [2.24, 2.45) is 0 Å². The van der Waals surface area contributed by atoms with E-state index in [0.717, 1.165) is 6.42 Å². The number of hydrogen-bond donors (Lipinski definition) is 0. The molecule has 0 atom stereocenters. The molecule has 1 rings (SSSR count). The molecule has 1 heteroatoms. The van der Waals surface area contributed by atoms with Crippen molar-refractivity contribution in [3.8, 4) is 0 Å². The summed E-state index contributed by atoms with van der Waals surface area (Å²) in [5, 5.41) is 0. The molecule has 0 saturated heterocycles. The van der Waals surface area contributed by atoms with Gasteiger partial charge >= 0.3 is 49.5 Å². The Kier molecular flexibility index (Phi) is 6.06. The molecule has 0 heterocycles. The van der Waals surface area contributed by atoms with Gasteiger partial charge in [0, 0.05) is 0 Å². The molecule has 0 amide bonds. The molecule has 0 bridgehead atoms. The average molecular weight is 304 g/mol. The molecule has 9 heavy (non-hydrogen) atoms. The van der Waals surface area contributed by atoms with Crippen LogP contribution in [0.15, 0.2) is 34.7 Å². The van der Waals surface area contributed by atoms with Gasteiger partial charge in [-0.2, -0.15) is 0 Å². The molecule has 1 aliphatic carbocycles. The van der Waals surface area contributed by atoms with Crippen molar-refractivity contribution < 1.29 is 21.1 Å². The van der Waals surface area contributed by atoms with Gasteiger partial charge in [0.1, 0.15) is 0 Å². The Morgan fingerprint density at radius 2 is 2.33 bits per heavy atom. The third-order valence-electron chi connectivity index (χ3n) is 0.698. The zero-order valence-corrected chi connectivity index (χ0v) is 7.69. The molecule has 0 N–H and O–H groups in total. The molecule has 0 saturated carbocycles. The molecule has 0 nitrogen and oxygen atoms in total. The average Bonchev–Trinajstić information content (AvgIpc) is 2.20. The van der Waals surface area contributed by atoms with Crippen LogP contribution in [0.4, 0.5) is 0 Å². The first-order chi connectivity index (χ1) is 4.31. The molecule has 0 aromatic heterocycles. The van der Waals surface area contributed by atoms with Crippen molar-refractivity contribution >= 4 is 0 Å². The Morgan fingerprint density at radius 1 is 1.78 bits per heavy atom. The van der Waals surface area contributed by atoms with Crippen molar-refractivity contribution in [2.45, 2.75) is 13.3 Å². The molecule has 0 radical (unpaired) electrons. The van der Waals surface area contributed by atoms with Gasteiger partial charge in [0.05, 0.1) is 0 Å². The van der Waals surface area contributed by atoms with Crippen LogP contribution in [0.25, 0.3) is 0 Å². The fourth-order valence-corrected chi connectivity index (χ4v) is 0.869. The van der Waals surface area contributed by atoms with Gasteiger partial charge in [-0.15, -0.1) is 6.58 Å². The Morgan fingerprint density at radius 3 is 2.44 bits per heavy atom. The van der Waals surface area contributed by atoms with E-state index in [1.807, 2.05) is 6.92 Å². The van der Waals surface area contributed by atoms with Crippen molar-refractivity contribution in [3.05, 3.63) is 34.7 Å². The van der Waals surface area contributed by atoms with Crippen LogP contribution < -0.4 is 0 Å². The van der Waals surface area contributed by atoms with Gasteiger partial charge in [-0.3, -0.25) is 0 Å². The molecule has 0 spiro atoms. The summed E-state index contributed by atoms with van der Waals surface area (Å²) in [6.45, 7) is 5.25. The van der Waals surface area contributed by atoms with Crippen LogP contribution in [0.5, 0.6) is 0 Å². The Labute approximate surface area is 69.3 Å². The topological polar surface area (TPSA) is 0 Å². The molecule has 0 unspecified atom stereocenters. The minimum atomic E-state index is 1.14. The van der Waals surface area contributed by atoms with E-state index < -0.39 is 0 Å². The SMILES string of the molecule is C=CC.[Au][C]1=CC=CC1. The van der Waals surface area contributed by atoms with Gasteiger partial charge in [-0.1, -0.05) is 6.08 Å². The first-order valence-corrected chi connectivity index (χ1v) is 3.94. The van der Waals surface area contributed by atoms with Crippen LogP contribution in [-0.2, 0) is 21.1 Å². The van der Waals surface area contributed by atoms with E-state index in [2.05, 4.69) is 45.9 Å². The molecule has 0 aromatic carbocycles. The van der Waals surface area contributed by atoms with E-state index in [-0.39, 0.29) is 0 Å². The standard InChI is InChI=1S/C5H5.C3H6.Au/c1-2-4-5-3-1;1-3-2;/h1-3H,4H2;3H,1H2,2H3;. The van der Waals surface area contributed by atoms with Gasteiger partial charge < -0.3 is 0 Å². The van der Waals surface area contributed by atoms with E-state index in [9.17, 15) is 0 Å². The number of rotatable bonds is 0. The fraction of sp³-hybridized carbons (Fsp3) is 0.250.